The third-order valence-electron chi connectivity index (χ3n) is 4.70. The topological polar surface area (TPSA) is 24.5 Å². The number of methoxy groups -OCH3 is 1. The predicted octanol–water partition coefficient (Wildman–Crippen LogP) is 2.84. The van der Waals surface area contributed by atoms with Crippen molar-refractivity contribution in [3.8, 4) is 5.75 Å². The summed E-state index contributed by atoms with van der Waals surface area (Å²) in [6, 6.07) is 6.63. The first-order valence-electron chi connectivity index (χ1n) is 7.99. The third-order valence-corrected chi connectivity index (χ3v) is 4.70. The minimum Gasteiger partial charge on any atom is -0.497 e. The lowest BCUT2D eigenvalue weighted by molar-refractivity contribution is 0.371. The molecule has 1 N–H and O–H groups in total. The number of piperidine rings is 1. The van der Waals surface area contributed by atoms with Crippen molar-refractivity contribution in [3.63, 3.8) is 0 Å². The molecule has 0 spiro atoms. The summed E-state index contributed by atoms with van der Waals surface area (Å²) in [6.45, 7) is 4.78. The molecular weight excluding hydrogens is 248 g/mol. The molecule has 2 aliphatic heterocycles. The maximum absolute atomic E-state index is 5.43. The molecule has 0 amide bonds. The summed E-state index contributed by atoms with van der Waals surface area (Å²) in [5.41, 5.74) is 2.93. The number of ether oxygens (including phenoxy) is 1. The van der Waals surface area contributed by atoms with Crippen molar-refractivity contribution in [2.75, 3.05) is 38.2 Å². The van der Waals surface area contributed by atoms with Gasteiger partial charge in [0.25, 0.3) is 0 Å². The van der Waals surface area contributed by atoms with Crippen molar-refractivity contribution >= 4 is 5.69 Å². The van der Waals surface area contributed by atoms with Gasteiger partial charge in [0.2, 0.25) is 0 Å². The van der Waals surface area contributed by atoms with Gasteiger partial charge in [-0.2, -0.15) is 0 Å². The van der Waals surface area contributed by atoms with Gasteiger partial charge in [0.05, 0.1) is 7.11 Å². The molecule has 0 radical (unpaired) electrons. The van der Waals surface area contributed by atoms with Gasteiger partial charge in [0, 0.05) is 18.8 Å². The van der Waals surface area contributed by atoms with Gasteiger partial charge in [-0.1, -0.05) is 0 Å². The molecule has 2 heterocycles. The second-order valence-corrected chi connectivity index (χ2v) is 6.09. The summed E-state index contributed by atoms with van der Waals surface area (Å²) in [5.74, 6) is 1.82. The molecule has 1 aromatic carbocycles. The molecule has 2 aliphatic rings. The van der Waals surface area contributed by atoms with Crippen LogP contribution in [0.1, 0.15) is 31.2 Å². The average Bonchev–Trinajstić information content (AvgIpc) is 3.02. The van der Waals surface area contributed by atoms with Gasteiger partial charge in [0.15, 0.2) is 0 Å². The summed E-state index contributed by atoms with van der Waals surface area (Å²) in [7, 11) is 1.76. The molecule has 0 atom stereocenters. The molecule has 2 fully saturated rings. The fourth-order valence-corrected chi connectivity index (χ4v) is 3.52. The highest BCUT2D eigenvalue weighted by Crippen LogP contribution is 2.31. The SMILES string of the molecule is COc1ccc(N2CCCC2)c(CC2CCNCC2)c1. The normalized spacial score (nSPS) is 20.4. The summed E-state index contributed by atoms with van der Waals surface area (Å²) in [4.78, 5) is 2.55. The van der Waals surface area contributed by atoms with Crippen molar-refractivity contribution in [3.05, 3.63) is 23.8 Å². The Labute approximate surface area is 122 Å². The van der Waals surface area contributed by atoms with Crippen LogP contribution in [0, 0.1) is 5.92 Å². The van der Waals surface area contributed by atoms with Crippen molar-refractivity contribution in [2.45, 2.75) is 32.1 Å². The predicted molar refractivity (Wildman–Crippen MR) is 83.7 cm³/mol. The fraction of sp³-hybridized carbons (Fsp3) is 0.647. The fourth-order valence-electron chi connectivity index (χ4n) is 3.52. The smallest absolute Gasteiger partial charge is 0.119 e. The summed E-state index contributed by atoms with van der Waals surface area (Å²) in [5, 5.41) is 3.46. The highest BCUT2D eigenvalue weighted by atomic mass is 16.5. The molecular formula is C17H26N2O. The number of nitrogens with zero attached hydrogens (tertiary/aromatic N) is 1. The zero-order valence-corrected chi connectivity index (χ0v) is 12.5. The van der Waals surface area contributed by atoms with Crippen LogP contribution in [-0.2, 0) is 6.42 Å². The molecule has 0 unspecified atom stereocenters. The van der Waals surface area contributed by atoms with E-state index < -0.39 is 0 Å². The first-order valence-corrected chi connectivity index (χ1v) is 7.99. The first kappa shape index (κ1) is 13.7. The molecule has 3 heteroatoms. The Balaban J connectivity index is 1.80. The van der Waals surface area contributed by atoms with Gasteiger partial charge < -0.3 is 15.0 Å². The van der Waals surface area contributed by atoms with E-state index in [0.29, 0.717) is 0 Å². The van der Waals surface area contributed by atoms with Crippen molar-refractivity contribution in [2.24, 2.45) is 5.92 Å². The Morgan fingerprint density at radius 3 is 2.65 bits per heavy atom. The van der Waals surface area contributed by atoms with E-state index in [1.54, 1.807) is 7.11 Å². The van der Waals surface area contributed by atoms with E-state index in [4.69, 9.17) is 4.74 Å². The molecule has 2 saturated heterocycles. The Morgan fingerprint density at radius 2 is 1.95 bits per heavy atom. The summed E-state index contributed by atoms with van der Waals surface area (Å²) >= 11 is 0. The minimum absolute atomic E-state index is 0.824. The van der Waals surface area contributed by atoms with Crippen molar-refractivity contribution in [1.29, 1.82) is 0 Å². The molecule has 110 valence electrons. The minimum atomic E-state index is 0.824. The van der Waals surface area contributed by atoms with Gasteiger partial charge >= 0.3 is 0 Å². The van der Waals surface area contributed by atoms with Crippen LogP contribution in [0.25, 0.3) is 0 Å². The van der Waals surface area contributed by atoms with Crippen LogP contribution in [0.3, 0.4) is 0 Å². The molecule has 1 aromatic rings. The van der Waals surface area contributed by atoms with Gasteiger partial charge in [-0.3, -0.25) is 0 Å². The van der Waals surface area contributed by atoms with Gasteiger partial charge in [-0.05, 0) is 74.9 Å². The molecule has 0 aromatic heterocycles. The van der Waals surface area contributed by atoms with Crippen LogP contribution in [0.15, 0.2) is 18.2 Å². The standard InChI is InChI=1S/C17H26N2O/c1-20-16-4-5-17(19-10-2-3-11-19)15(13-16)12-14-6-8-18-9-7-14/h4-5,13-14,18H,2-3,6-12H2,1H3. The van der Waals surface area contributed by atoms with Crippen LogP contribution in [-0.4, -0.2) is 33.3 Å². The number of hydrogen-bond acceptors (Lipinski definition) is 3. The quantitative estimate of drug-likeness (QED) is 0.913. The second kappa shape index (κ2) is 6.49. The van der Waals surface area contributed by atoms with Gasteiger partial charge in [0.1, 0.15) is 5.75 Å². The molecule has 3 nitrogen and oxygen atoms in total. The Kier molecular flexibility index (Phi) is 4.46. The van der Waals surface area contributed by atoms with E-state index in [2.05, 4.69) is 28.4 Å². The third kappa shape index (κ3) is 3.09. The van der Waals surface area contributed by atoms with Crippen LogP contribution < -0.4 is 15.0 Å². The maximum Gasteiger partial charge on any atom is 0.119 e. The van der Waals surface area contributed by atoms with Crippen LogP contribution in [0.4, 0.5) is 5.69 Å². The summed E-state index contributed by atoms with van der Waals surface area (Å²) < 4.78 is 5.43. The zero-order valence-electron chi connectivity index (χ0n) is 12.5. The van der Waals surface area contributed by atoms with Crippen molar-refractivity contribution in [1.82, 2.24) is 5.32 Å². The summed E-state index contributed by atoms with van der Waals surface area (Å²) in [6.07, 6.45) is 6.47. The zero-order chi connectivity index (χ0) is 13.8. The number of rotatable bonds is 4. The van der Waals surface area contributed by atoms with Crippen molar-refractivity contribution < 1.29 is 4.74 Å². The van der Waals surface area contributed by atoms with E-state index in [9.17, 15) is 0 Å². The monoisotopic (exact) mass is 274 g/mol. The van der Waals surface area contributed by atoms with Gasteiger partial charge in [-0.25, -0.2) is 0 Å². The largest absolute Gasteiger partial charge is 0.497 e. The molecule has 20 heavy (non-hydrogen) atoms. The van der Waals surface area contributed by atoms with Gasteiger partial charge in [-0.15, -0.1) is 0 Å². The molecule has 0 saturated carbocycles. The second-order valence-electron chi connectivity index (χ2n) is 6.09. The number of hydrogen-bond donors (Lipinski definition) is 1. The van der Waals surface area contributed by atoms with E-state index in [1.165, 1.54) is 69.5 Å². The van der Waals surface area contributed by atoms with Crippen LogP contribution in [0.2, 0.25) is 0 Å². The molecule has 0 aliphatic carbocycles. The highest BCUT2D eigenvalue weighted by molar-refractivity contribution is 5.57. The van der Waals surface area contributed by atoms with E-state index in [0.717, 1.165) is 11.7 Å². The highest BCUT2D eigenvalue weighted by Gasteiger charge is 2.20. The van der Waals surface area contributed by atoms with E-state index >= 15 is 0 Å². The number of nitrogens with one attached hydrogen (secondary N) is 1. The maximum atomic E-state index is 5.43. The van der Waals surface area contributed by atoms with E-state index in [1.807, 2.05) is 0 Å². The number of anilines is 1. The van der Waals surface area contributed by atoms with Crippen LogP contribution in [0.5, 0.6) is 5.75 Å². The van der Waals surface area contributed by atoms with Crippen LogP contribution >= 0.6 is 0 Å². The lowest BCUT2D eigenvalue weighted by atomic mass is 9.90. The molecule has 3 rings (SSSR count). The molecule has 0 bridgehead atoms. The lowest BCUT2D eigenvalue weighted by Crippen LogP contribution is -2.29. The number of benzene rings is 1. The lowest BCUT2D eigenvalue weighted by Gasteiger charge is -2.27. The Morgan fingerprint density at radius 1 is 1.20 bits per heavy atom. The average molecular weight is 274 g/mol. The first-order chi connectivity index (χ1) is 9.86. The van der Waals surface area contributed by atoms with E-state index in [-0.39, 0.29) is 0 Å². The Bertz CT molecular complexity index is 435. The Hall–Kier alpha value is -1.22.